The molecule has 8 heteroatoms. The fourth-order valence-corrected chi connectivity index (χ4v) is 3.48. The Morgan fingerprint density at radius 3 is 2.52 bits per heavy atom. The molecule has 0 radical (unpaired) electrons. The standard InChI is InChI=1S/C17H28N4O4/c1-11-7-5-6-8-17(11)14(24)21(15(25)20-17)10-13(23)18-9-12(22)19-16(2,3)4/h11H,5-10H2,1-4H3,(H,18,23)(H,19,22)(H,20,25). The van der Waals surface area contributed by atoms with E-state index in [1.165, 1.54) is 0 Å². The van der Waals surface area contributed by atoms with Gasteiger partial charge in [-0.3, -0.25) is 19.3 Å². The molecule has 2 rings (SSSR count). The highest BCUT2D eigenvalue weighted by Gasteiger charge is 2.55. The van der Waals surface area contributed by atoms with Crippen molar-refractivity contribution in [3.05, 3.63) is 0 Å². The Kier molecular flexibility index (Phi) is 5.39. The number of nitrogens with zero attached hydrogens (tertiary/aromatic N) is 1. The van der Waals surface area contributed by atoms with Crippen molar-refractivity contribution in [1.29, 1.82) is 0 Å². The monoisotopic (exact) mass is 352 g/mol. The zero-order chi connectivity index (χ0) is 18.8. The molecule has 2 unspecified atom stereocenters. The molecule has 1 saturated heterocycles. The van der Waals surface area contributed by atoms with Gasteiger partial charge in [-0.2, -0.15) is 0 Å². The Morgan fingerprint density at radius 1 is 1.24 bits per heavy atom. The van der Waals surface area contributed by atoms with E-state index in [-0.39, 0.29) is 30.8 Å². The van der Waals surface area contributed by atoms with E-state index in [9.17, 15) is 19.2 Å². The minimum absolute atomic E-state index is 0.0447. The van der Waals surface area contributed by atoms with Gasteiger partial charge in [0.05, 0.1) is 6.54 Å². The van der Waals surface area contributed by atoms with Crippen molar-refractivity contribution < 1.29 is 19.2 Å². The number of amides is 5. The summed E-state index contributed by atoms with van der Waals surface area (Å²) in [5.74, 6) is -1.15. The summed E-state index contributed by atoms with van der Waals surface area (Å²) in [4.78, 5) is 49.7. The predicted molar refractivity (Wildman–Crippen MR) is 91.5 cm³/mol. The summed E-state index contributed by atoms with van der Waals surface area (Å²) in [5, 5.41) is 7.97. The third-order valence-electron chi connectivity index (χ3n) is 4.76. The lowest BCUT2D eigenvalue weighted by molar-refractivity contribution is -0.137. The molecule has 0 aromatic carbocycles. The minimum Gasteiger partial charge on any atom is -0.350 e. The van der Waals surface area contributed by atoms with Crippen molar-refractivity contribution in [2.24, 2.45) is 5.92 Å². The molecular weight excluding hydrogens is 324 g/mol. The topological polar surface area (TPSA) is 108 Å². The summed E-state index contributed by atoms with van der Waals surface area (Å²) in [6.07, 6.45) is 3.39. The lowest BCUT2D eigenvalue weighted by atomic mass is 9.73. The van der Waals surface area contributed by atoms with E-state index in [1.807, 2.05) is 27.7 Å². The van der Waals surface area contributed by atoms with E-state index in [0.29, 0.717) is 6.42 Å². The first-order chi connectivity index (χ1) is 11.5. The number of rotatable bonds is 4. The lowest BCUT2D eigenvalue weighted by Crippen LogP contribution is -2.54. The first kappa shape index (κ1) is 19.2. The van der Waals surface area contributed by atoms with E-state index in [4.69, 9.17) is 0 Å². The van der Waals surface area contributed by atoms with Crippen LogP contribution in [0.15, 0.2) is 0 Å². The molecule has 1 heterocycles. The molecule has 1 spiro atoms. The zero-order valence-electron chi connectivity index (χ0n) is 15.4. The van der Waals surface area contributed by atoms with Gasteiger partial charge in [0.25, 0.3) is 5.91 Å². The molecule has 3 N–H and O–H groups in total. The Bertz CT molecular complexity index is 584. The van der Waals surface area contributed by atoms with Crippen LogP contribution in [0.3, 0.4) is 0 Å². The van der Waals surface area contributed by atoms with E-state index in [2.05, 4.69) is 16.0 Å². The Morgan fingerprint density at radius 2 is 1.92 bits per heavy atom. The summed E-state index contributed by atoms with van der Waals surface area (Å²) in [6, 6.07) is -0.534. The fourth-order valence-electron chi connectivity index (χ4n) is 3.48. The first-order valence-electron chi connectivity index (χ1n) is 8.77. The van der Waals surface area contributed by atoms with Crippen LogP contribution in [0, 0.1) is 5.92 Å². The molecule has 1 saturated carbocycles. The highest BCUT2D eigenvalue weighted by atomic mass is 16.2. The third-order valence-corrected chi connectivity index (χ3v) is 4.76. The molecular formula is C17H28N4O4. The second-order valence-corrected chi connectivity index (χ2v) is 8.01. The summed E-state index contributed by atoms with van der Waals surface area (Å²) >= 11 is 0. The van der Waals surface area contributed by atoms with Crippen LogP contribution in [0.5, 0.6) is 0 Å². The number of urea groups is 1. The quantitative estimate of drug-likeness (QED) is 0.641. The van der Waals surface area contributed by atoms with Crippen LogP contribution >= 0.6 is 0 Å². The summed E-state index contributed by atoms with van der Waals surface area (Å²) in [7, 11) is 0. The van der Waals surface area contributed by atoms with Gasteiger partial charge >= 0.3 is 6.03 Å². The smallest absolute Gasteiger partial charge is 0.325 e. The zero-order valence-corrected chi connectivity index (χ0v) is 15.4. The number of hydrogen-bond acceptors (Lipinski definition) is 4. The second kappa shape index (κ2) is 7.01. The number of imide groups is 1. The predicted octanol–water partition coefficient (Wildman–Crippen LogP) is 0.518. The number of carbonyl (C=O) groups is 4. The molecule has 8 nitrogen and oxygen atoms in total. The number of carbonyl (C=O) groups excluding carboxylic acids is 4. The van der Waals surface area contributed by atoms with Gasteiger partial charge in [0.15, 0.2) is 0 Å². The van der Waals surface area contributed by atoms with Gasteiger partial charge in [0.2, 0.25) is 11.8 Å². The Balaban J connectivity index is 1.91. The summed E-state index contributed by atoms with van der Waals surface area (Å²) in [5.41, 5.74) is -1.27. The Labute approximate surface area is 148 Å². The first-order valence-corrected chi connectivity index (χ1v) is 8.77. The molecule has 0 aromatic rings. The van der Waals surface area contributed by atoms with Gasteiger partial charge in [-0.05, 0) is 39.5 Å². The van der Waals surface area contributed by atoms with Crippen LogP contribution in [0.1, 0.15) is 53.4 Å². The van der Waals surface area contributed by atoms with Gasteiger partial charge in [-0.15, -0.1) is 0 Å². The summed E-state index contributed by atoms with van der Waals surface area (Å²) in [6.45, 7) is 6.90. The molecule has 2 atom stereocenters. The van der Waals surface area contributed by atoms with Gasteiger partial charge in [0, 0.05) is 5.54 Å². The van der Waals surface area contributed by atoms with Crippen LogP contribution < -0.4 is 16.0 Å². The van der Waals surface area contributed by atoms with Crippen LogP contribution in [0.4, 0.5) is 4.79 Å². The third kappa shape index (κ3) is 4.29. The van der Waals surface area contributed by atoms with Crippen LogP contribution in [0.2, 0.25) is 0 Å². The Hall–Kier alpha value is -2.12. The van der Waals surface area contributed by atoms with Crippen LogP contribution in [0.25, 0.3) is 0 Å². The van der Waals surface area contributed by atoms with Crippen molar-refractivity contribution in [1.82, 2.24) is 20.9 Å². The average Bonchev–Trinajstić information content (AvgIpc) is 2.72. The van der Waals surface area contributed by atoms with Crippen LogP contribution in [-0.4, -0.2) is 52.8 Å². The van der Waals surface area contributed by atoms with Crippen molar-refractivity contribution in [2.75, 3.05) is 13.1 Å². The molecule has 140 valence electrons. The number of nitrogens with one attached hydrogen (secondary N) is 3. The molecule has 25 heavy (non-hydrogen) atoms. The van der Waals surface area contributed by atoms with Gasteiger partial charge in [-0.1, -0.05) is 19.8 Å². The lowest BCUT2D eigenvalue weighted by Gasteiger charge is -2.36. The normalized spacial score (nSPS) is 26.6. The van der Waals surface area contributed by atoms with E-state index >= 15 is 0 Å². The van der Waals surface area contributed by atoms with E-state index in [0.717, 1.165) is 24.2 Å². The van der Waals surface area contributed by atoms with Gasteiger partial charge < -0.3 is 16.0 Å². The highest BCUT2D eigenvalue weighted by Crippen LogP contribution is 2.38. The molecule has 0 bridgehead atoms. The molecule has 2 aliphatic rings. The molecule has 1 aliphatic carbocycles. The highest BCUT2D eigenvalue weighted by molar-refractivity contribution is 6.09. The second-order valence-electron chi connectivity index (χ2n) is 8.01. The maximum atomic E-state index is 12.7. The molecule has 2 fully saturated rings. The van der Waals surface area contributed by atoms with Crippen LogP contribution in [-0.2, 0) is 14.4 Å². The summed E-state index contributed by atoms with van der Waals surface area (Å²) < 4.78 is 0. The maximum Gasteiger partial charge on any atom is 0.325 e. The largest absolute Gasteiger partial charge is 0.350 e. The van der Waals surface area contributed by atoms with Crippen molar-refractivity contribution in [3.8, 4) is 0 Å². The van der Waals surface area contributed by atoms with Gasteiger partial charge in [-0.25, -0.2) is 4.79 Å². The van der Waals surface area contributed by atoms with E-state index in [1.54, 1.807) is 0 Å². The fraction of sp³-hybridized carbons (Fsp3) is 0.765. The van der Waals surface area contributed by atoms with Crippen molar-refractivity contribution in [3.63, 3.8) is 0 Å². The molecule has 0 aromatic heterocycles. The minimum atomic E-state index is -0.876. The number of hydrogen-bond donors (Lipinski definition) is 3. The average molecular weight is 352 g/mol. The SMILES string of the molecule is CC1CCCCC12NC(=O)N(CC(=O)NCC(=O)NC(C)(C)C)C2=O. The van der Waals surface area contributed by atoms with Gasteiger partial charge in [0.1, 0.15) is 12.1 Å². The van der Waals surface area contributed by atoms with Crippen molar-refractivity contribution >= 4 is 23.8 Å². The maximum absolute atomic E-state index is 12.7. The molecule has 1 aliphatic heterocycles. The van der Waals surface area contributed by atoms with E-state index < -0.39 is 23.0 Å². The van der Waals surface area contributed by atoms with Crippen molar-refractivity contribution in [2.45, 2.75) is 64.5 Å². The molecule has 5 amide bonds.